The zero-order valence-electron chi connectivity index (χ0n) is 20.1. The van der Waals surface area contributed by atoms with E-state index in [9.17, 15) is 32.3 Å². The minimum atomic E-state index is -5.08. The van der Waals surface area contributed by atoms with Crippen molar-refractivity contribution in [1.29, 1.82) is 0 Å². The third-order valence-corrected chi connectivity index (χ3v) is 6.17. The Labute approximate surface area is 228 Å². The molecule has 1 saturated heterocycles. The van der Waals surface area contributed by atoms with Crippen LogP contribution in [0.2, 0.25) is 0 Å². The molecule has 1 fully saturated rings. The highest BCUT2D eigenvalue weighted by atomic mass is 79.9. The molecule has 0 aliphatic carbocycles. The number of aromatic carboxylic acids is 1. The van der Waals surface area contributed by atoms with Gasteiger partial charge in [0.25, 0.3) is 5.91 Å². The number of nitrogens with one attached hydrogen (secondary N) is 1. The molecule has 1 heterocycles. The Morgan fingerprint density at radius 1 is 0.821 bits per heavy atom. The van der Waals surface area contributed by atoms with E-state index >= 15 is 0 Å². The molecule has 0 spiro atoms. The number of hydrogen-bond acceptors (Lipinski definition) is 5. The number of alkyl halides is 3. The summed E-state index contributed by atoms with van der Waals surface area (Å²) in [6, 6.07) is 18.2. The minimum Gasteiger partial charge on any atom is -0.478 e. The standard InChI is InChI=1S/C24H21BrFN3O3.C2HF3O2/c25-17-3-1-16(2-4-17)23(30)27-19-7-10-22(21(15-19)24(31)32)29-13-11-28(12-14-29)20-8-5-18(26)6-9-20;3-2(4,5)1(6)7/h1-10,15H,11-14H2,(H,27,30)(H,31,32);(H,6,7). The topological polar surface area (TPSA) is 110 Å². The van der Waals surface area contributed by atoms with Crippen LogP contribution in [0.15, 0.2) is 71.2 Å². The van der Waals surface area contributed by atoms with E-state index in [-0.39, 0.29) is 17.3 Å². The Bertz CT molecular complexity index is 1330. The second-order valence-corrected chi connectivity index (χ2v) is 9.17. The summed E-state index contributed by atoms with van der Waals surface area (Å²) >= 11 is 3.33. The second-order valence-electron chi connectivity index (χ2n) is 8.25. The molecule has 0 bridgehead atoms. The van der Waals surface area contributed by atoms with Crippen LogP contribution in [0, 0.1) is 5.82 Å². The van der Waals surface area contributed by atoms with Gasteiger partial charge in [-0.25, -0.2) is 14.0 Å². The summed E-state index contributed by atoms with van der Waals surface area (Å²) in [4.78, 5) is 37.5. The molecular weight excluding hydrogens is 590 g/mol. The number of nitrogens with zero attached hydrogens (tertiary/aromatic N) is 2. The maximum absolute atomic E-state index is 13.2. The average Bonchev–Trinajstić information content (AvgIpc) is 2.89. The van der Waals surface area contributed by atoms with Gasteiger partial charge in [0, 0.05) is 47.6 Å². The fourth-order valence-corrected chi connectivity index (χ4v) is 3.99. The first-order valence-corrected chi connectivity index (χ1v) is 12.1. The van der Waals surface area contributed by atoms with Gasteiger partial charge in [-0.3, -0.25) is 4.79 Å². The van der Waals surface area contributed by atoms with Gasteiger partial charge in [-0.05, 0) is 66.7 Å². The molecule has 1 aliphatic rings. The van der Waals surface area contributed by atoms with E-state index in [1.165, 1.54) is 18.2 Å². The van der Waals surface area contributed by atoms with Crippen LogP contribution in [0.5, 0.6) is 0 Å². The fraction of sp³-hybridized carbons (Fsp3) is 0.192. The molecule has 13 heteroatoms. The van der Waals surface area contributed by atoms with E-state index in [0.717, 1.165) is 10.2 Å². The van der Waals surface area contributed by atoms with Gasteiger partial charge < -0.3 is 25.3 Å². The van der Waals surface area contributed by atoms with E-state index < -0.39 is 18.1 Å². The monoisotopic (exact) mass is 611 g/mol. The summed E-state index contributed by atoms with van der Waals surface area (Å²) < 4.78 is 45.8. The van der Waals surface area contributed by atoms with Crippen molar-refractivity contribution in [3.8, 4) is 0 Å². The van der Waals surface area contributed by atoms with Crippen molar-refractivity contribution in [2.45, 2.75) is 6.18 Å². The van der Waals surface area contributed by atoms with Gasteiger partial charge in [0.1, 0.15) is 5.82 Å². The molecule has 1 amide bonds. The molecule has 1 aliphatic heterocycles. The number of hydrogen-bond donors (Lipinski definition) is 3. The molecule has 4 rings (SSSR count). The Morgan fingerprint density at radius 3 is 1.87 bits per heavy atom. The maximum atomic E-state index is 13.2. The summed E-state index contributed by atoms with van der Waals surface area (Å²) in [5, 5.41) is 19.7. The molecule has 3 N–H and O–H groups in total. The smallest absolute Gasteiger partial charge is 0.478 e. The van der Waals surface area contributed by atoms with E-state index in [1.54, 1.807) is 48.5 Å². The number of halogens is 5. The summed E-state index contributed by atoms with van der Waals surface area (Å²) in [6.07, 6.45) is -5.08. The molecule has 3 aromatic carbocycles. The quantitative estimate of drug-likeness (QED) is 0.327. The van der Waals surface area contributed by atoms with Gasteiger partial charge in [-0.15, -0.1) is 0 Å². The number of carboxylic acid groups (broad SMARTS) is 2. The Kier molecular flexibility index (Phi) is 9.51. The van der Waals surface area contributed by atoms with Crippen LogP contribution in [0.25, 0.3) is 0 Å². The van der Waals surface area contributed by atoms with Crippen LogP contribution in [0.3, 0.4) is 0 Å². The number of benzene rings is 3. The van der Waals surface area contributed by atoms with E-state index in [0.29, 0.717) is 43.1 Å². The predicted molar refractivity (Wildman–Crippen MR) is 140 cm³/mol. The van der Waals surface area contributed by atoms with Crippen molar-refractivity contribution in [1.82, 2.24) is 0 Å². The summed E-state index contributed by atoms with van der Waals surface area (Å²) in [7, 11) is 0. The van der Waals surface area contributed by atoms with E-state index in [1.807, 2.05) is 4.90 Å². The number of carbonyl (C=O) groups is 3. The molecular formula is C26H22BrF4N3O5. The van der Waals surface area contributed by atoms with Crippen molar-refractivity contribution in [2.24, 2.45) is 0 Å². The van der Waals surface area contributed by atoms with Crippen molar-refractivity contribution in [2.75, 3.05) is 41.3 Å². The van der Waals surface area contributed by atoms with Gasteiger partial charge in [-0.2, -0.15) is 13.2 Å². The highest BCUT2D eigenvalue weighted by molar-refractivity contribution is 9.10. The highest BCUT2D eigenvalue weighted by Crippen LogP contribution is 2.27. The van der Waals surface area contributed by atoms with Crippen LogP contribution < -0.4 is 15.1 Å². The lowest BCUT2D eigenvalue weighted by atomic mass is 10.1. The predicted octanol–water partition coefficient (Wildman–Crippen LogP) is 5.50. The molecule has 8 nitrogen and oxygen atoms in total. The average molecular weight is 612 g/mol. The number of carbonyl (C=O) groups excluding carboxylic acids is 1. The summed E-state index contributed by atoms with van der Waals surface area (Å²) in [5.74, 6) is -4.39. The lowest BCUT2D eigenvalue weighted by Gasteiger charge is -2.38. The van der Waals surface area contributed by atoms with Crippen molar-refractivity contribution in [3.63, 3.8) is 0 Å². The van der Waals surface area contributed by atoms with Crippen LogP contribution in [-0.2, 0) is 4.79 Å². The SMILES string of the molecule is O=C(Nc1ccc(N2CCN(c3ccc(F)cc3)CC2)c(C(=O)O)c1)c1ccc(Br)cc1.O=C(O)C(F)(F)F. The van der Waals surface area contributed by atoms with Crippen LogP contribution in [0.1, 0.15) is 20.7 Å². The lowest BCUT2D eigenvalue weighted by molar-refractivity contribution is -0.192. The van der Waals surface area contributed by atoms with Crippen molar-refractivity contribution in [3.05, 3.63) is 88.1 Å². The minimum absolute atomic E-state index is 0.133. The Balaban J connectivity index is 0.000000532. The normalized spacial score (nSPS) is 13.3. The molecule has 0 unspecified atom stereocenters. The van der Waals surface area contributed by atoms with E-state index in [2.05, 4.69) is 26.1 Å². The number of rotatable bonds is 5. The largest absolute Gasteiger partial charge is 0.490 e. The van der Waals surface area contributed by atoms with Gasteiger partial charge >= 0.3 is 18.1 Å². The zero-order valence-corrected chi connectivity index (χ0v) is 21.7. The van der Waals surface area contributed by atoms with Crippen LogP contribution in [0.4, 0.5) is 34.6 Å². The molecule has 0 atom stereocenters. The van der Waals surface area contributed by atoms with Gasteiger partial charge in [0.05, 0.1) is 11.3 Å². The van der Waals surface area contributed by atoms with Crippen LogP contribution in [-0.4, -0.2) is 60.4 Å². The van der Waals surface area contributed by atoms with Gasteiger partial charge in [-0.1, -0.05) is 15.9 Å². The Hall–Kier alpha value is -4.13. The molecule has 3 aromatic rings. The Morgan fingerprint density at radius 2 is 1.36 bits per heavy atom. The molecule has 39 heavy (non-hydrogen) atoms. The summed E-state index contributed by atoms with van der Waals surface area (Å²) in [5.41, 5.74) is 2.58. The molecule has 0 saturated carbocycles. The van der Waals surface area contributed by atoms with Gasteiger partial charge in [0.15, 0.2) is 0 Å². The van der Waals surface area contributed by atoms with Gasteiger partial charge in [0.2, 0.25) is 0 Å². The maximum Gasteiger partial charge on any atom is 0.490 e. The molecule has 0 aromatic heterocycles. The molecule has 0 radical (unpaired) electrons. The summed E-state index contributed by atoms with van der Waals surface area (Å²) in [6.45, 7) is 2.63. The number of piperazine rings is 1. The van der Waals surface area contributed by atoms with E-state index in [4.69, 9.17) is 9.90 Å². The van der Waals surface area contributed by atoms with Crippen molar-refractivity contribution >= 4 is 50.8 Å². The number of anilines is 3. The fourth-order valence-electron chi connectivity index (χ4n) is 3.72. The first kappa shape index (κ1) is 29.4. The number of amides is 1. The third kappa shape index (κ3) is 8.18. The first-order chi connectivity index (χ1) is 18.3. The number of aliphatic carboxylic acids is 1. The first-order valence-electron chi connectivity index (χ1n) is 11.3. The second kappa shape index (κ2) is 12.6. The van der Waals surface area contributed by atoms with Crippen LogP contribution >= 0.6 is 15.9 Å². The highest BCUT2D eigenvalue weighted by Gasteiger charge is 2.38. The third-order valence-electron chi connectivity index (χ3n) is 5.65. The zero-order chi connectivity index (χ0) is 28.7. The van der Waals surface area contributed by atoms with Crippen molar-refractivity contribution < 1.29 is 42.2 Å². The number of carboxylic acids is 2. The lowest BCUT2D eigenvalue weighted by Crippen LogP contribution is -2.47. The molecule has 206 valence electrons.